The first kappa shape index (κ1) is 19.9. The minimum absolute atomic E-state index is 0.0113. The Morgan fingerprint density at radius 2 is 2.00 bits per heavy atom. The summed E-state index contributed by atoms with van der Waals surface area (Å²) in [5.41, 5.74) is 2.09. The van der Waals surface area contributed by atoms with Gasteiger partial charge in [0.15, 0.2) is 9.84 Å². The highest BCUT2D eigenvalue weighted by Gasteiger charge is 2.36. The van der Waals surface area contributed by atoms with Gasteiger partial charge in [0.2, 0.25) is 11.8 Å². The Balaban J connectivity index is 1.52. The number of carbonyl (C=O) groups excluding carboxylic acids is 2. The quantitative estimate of drug-likeness (QED) is 0.769. The summed E-state index contributed by atoms with van der Waals surface area (Å²) >= 11 is 0. The highest BCUT2D eigenvalue weighted by atomic mass is 32.2. The first-order valence-electron chi connectivity index (χ1n) is 9.75. The van der Waals surface area contributed by atoms with Gasteiger partial charge in [-0.15, -0.1) is 0 Å². The summed E-state index contributed by atoms with van der Waals surface area (Å²) in [5, 5.41) is 2.85. The van der Waals surface area contributed by atoms with Crippen LogP contribution in [0, 0.1) is 11.8 Å². The van der Waals surface area contributed by atoms with Crippen molar-refractivity contribution in [3.05, 3.63) is 29.8 Å². The normalized spacial score (nSPS) is 24.3. The lowest BCUT2D eigenvalue weighted by Crippen LogP contribution is -2.36. The van der Waals surface area contributed by atoms with Crippen LogP contribution < -0.4 is 10.2 Å². The molecule has 2 saturated heterocycles. The first-order valence-corrected chi connectivity index (χ1v) is 11.6. The summed E-state index contributed by atoms with van der Waals surface area (Å²) < 4.78 is 23.0. The minimum atomic E-state index is -2.94. The first-order chi connectivity index (χ1) is 12.9. The van der Waals surface area contributed by atoms with Gasteiger partial charge in [-0.05, 0) is 42.9 Å². The number of carbonyl (C=O) groups is 2. The van der Waals surface area contributed by atoms with Crippen LogP contribution in [0.5, 0.6) is 0 Å². The van der Waals surface area contributed by atoms with Gasteiger partial charge in [-0.3, -0.25) is 9.59 Å². The molecule has 148 valence electrons. The van der Waals surface area contributed by atoms with Crippen molar-refractivity contribution < 1.29 is 18.0 Å². The fraction of sp³-hybridized carbons (Fsp3) is 0.600. The van der Waals surface area contributed by atoms with Crippen LogP contribution >= 0.6 is 0 Å². The minimum Gasteiger partial charge on any atom is -0.355 e. The average Bonchev–Trinajstić information content (AvgIpc) is 3.20. The largest absolute Gasteiger partial charge is 0.355 e. The van der Waals surface area contributed by atoms with Crippen LogP contribution in [0.3, 0.4) is 0 Å². The molecule has 0 saturated carbocycles. The molecular formula is C20H28N2O4S. The molecule has 1 aromatic carbocycles. The summed E-state index contributed by atoms with van der Waals surface area (Å²) in [5.74, 6) is -0.238. The van der Waals surface area contributed by atoms with Crippen molar-refractivity contribution in [1.82, 2.24) is 5.32 Å². The van der Waals surface area contributed by atoms with Crippen molar-refractivity contribution >= 4 is 27.3 Å². The molecule has 0 radical (unpaired) electrons. The number of benzene rings is 1. The monoisotopic (exact) mass is 392 g/mol. The fourth-order valence-electron chi connectivity index (χ4n) is 3.78. The van der Waals surface area contributed by atoms with Gasteiger partial charge in [0, 0.05) is 25.2 Å². The molecule has 2 heterocycles. The van der Waals surface area contributed by atoms with Gasteiger partial charge >= 0.3 is 0 Å². The topological polar surface area (TPSA) is 83.6 Å². The van der Waals surface area contributed by atoms with Crippen molar-refractivity contribution in [2.45, 2.75) is 39.0 Å². The van der Waals surface area contributed by atoms with E-state index in [1.807, 2.05) is 24.3 Å². The van der Waals surface area contributed by atoms with E-state index >= 15 is 0 Å². The number of rotatable bonds is 7. The Bertz CT molecular complexity index is 789. The molecule has 6 nitrogen and oxygen atoms in total. The van der Waals surface area contributed by atoms with E-state index in [-0.39, 0.29) is 41.6 Å². The Kier molecular flexibility index (Phi) is 6.19. The van der Waals surface area contributed by atoms with E-state index in [1.54, 1.807) is 4.90 Å². The zero-order valence-electron chi connectivity index (χ0n) is 15.8. The number of nitrogens with one attached hydrogen (secondary N) is 1. The molecule has 0 aliphatic carbocycles. The Morgan fingerprint density at radius 1 is 1.26 bits per heavy atom. The third kappa shape index (κ3) is 5.09. The van der Waals surface area contributed by atoms with E-state index in [1.165, 1.54) is 5.56 Å². The maximum Gasteiger partial charge on any atom is 0.227 e. The number of hydrogen-bond donors (Lipinski definition) is 1. The standard InChI is InChI=1S/C20H28N2O4S/c1-2-3-4-15-5-7-18(8-6-15)22-13-17(11-19(22)23)20(24)21-12-16-9-10-27(25,26)14-16/h5-8,16-17H,2-4,9-14H2,1H3,(H,21,24). The molecule has 2 fully saturated rings. The van der Waals surface area contributed by atoms with Crippen LogP contribution in [0.4, 0.5) is 5.69 Å². The van der Waals surface area contributed by atoms with Gasteiger partial charge in [-0.1, -0.05) is 25.5 Å². The average molecular weight is 393 g/mol. The zero-order chi connectivity index (χ0) is 19.4. The van der Waals surface area contributed by atoms with Gasteiger partial charge in [-0.25, -0.2) is 8.42 Å². The molecule has 2 aliphatic heterocycles. The van der Waals surface area contributed by atoms with Crippen LogP contribution in [0.25, 0.3) is 0 Å². The fourth-order valence-corrected chi connectivity index (χ4v) is 5.64. The van der Waals surface area contributed by atoms with Crippen molar-refractivity contribution in [3.8, 4) is 0 Å². The molecule has 1 N–H and O–H groups in total. The second-order valence-electron chi connectivity index (χ2n) is 7.69. The number of aryl methyl sites for hydroxylation is 1. The second kappa shape index (κ2) is 8.42. The number of anilines is 1. The number of amides is 2. The predicted molar refractivity (Wildman–Crippen MR) is 105 cm³/mol. The highest BCUT2D eigenvalue weighted by molar-refractivity contribution is 7.91. The summed E-state index contributed by atoms with van der Waals surface area (Å²) in [6.07, 6.45) is 4.13. The van der Waals surface area contributed by atoms with E-state index in [0.29, 0.717) is 19.5 Å². The zero-order valence-corrected chi connectivity index (χ0v) is 16.6. The summed E-state index contributed by atoms with van der Waals surface area (Å²) in [4.78, 5) is 26.5. The lowest BCUT2D eigenvalue weighted by Gasteiger charge is -2.17. The van der Waals surface area contributed by atoms with Crippen molar-refractivity contribution in [2.24, 2.45) is 11.8 Å². The van der Waals surface area contributed by atoms with Crippen LogP contribution in [0.15, 0.2) is 24.3 Å². The van der Waals surface area contributed by atoms with Crippen LogP contribution in [-0.4, -0.2) is 44.8 Å². The maximum absolute atomic E-state index is 12.4. The van der Waals surface area contributed by atoms with Gasteiger partial charge in [0.25, 0.3) is 0 Å². The lowest BCUT2D eigenvalue weighted by molar-refractivity contribution is -0.126. The van der Waals surface area contributed by atoms with Crippen LogP contribution in [0.1, 0.15) is 38.2 Å². The third-order valence-corrected chi connectivity index (χ3v) is 7.29. The molecule has 1 aromatic rings. The number of sulfone groups is 1. The molecular weight excluding hydrogens is 364 g/mol. The van der Waals surface area contributed by atoms with Gasteiger partial charge in [0.1, 0.15) is 0 Å². The lowest BCUT2D eigenvalue weighted by atomic mass is 10.1. The highest BCUT2D eigenvalue weighted by Crippen LogP contribution is 2.26. The summed E-state index contributed by atoms with van der Waals surface area (Å²) in [6, 6.07) is 8.00. The van der Waals surface area contributed by atoms with Crippen LogP contribution in [-0.2, 0) is 25.8 Å². The molecule has 2 atom stereocenters. The van der Waals surface area contributed by atoms with Crippen LogP contribution in [0.2, 0.25) is 0 Å². The van der Waals surface area contributed by atoms with Crippen molar-refractivity contribution in [3.63, 3.8) is 0 Å². The van der Waals surface area contributed by atoms with E-state index in [2.05, 4.69) is 12.2 Å². The SMILES string of the molecule is CCCCc1ccc(N2CC(C(=O)NCC3CCS(=O)(=O)C3)CC2=O)cc1. The van der Waals surface area contributed by atoms with Crippen molar-refractivity contribution in [2.75, 3.05) is 29.5 Å². The van der Waals surface area contributed by atoms with E-state index in [0.717, 1.165) is 24.9 Å². The summed E-state index contributed by atoms with van der Waals surface area (Å²) in [7, 11) is -2.94. The molecule has 0 spiro atoms. The second-order valence-corrected chi connectivity index (χ2v) is 9.92. The molecule has 2 unspecified atom stereocenters. The van der Waals surface area contributed by atoms with E-state index in [4.69, 9.17) is 0 Å². The Labute approximate surface area is 161 Å². The van der Waals surface area contributed by atoms with E-state index < -0.39 is 9.84 Å². The third-order valence-electron chi connectivity index (χ3n) is 5.45. The number of hydrogen-bond acceptors (Lipinski definition) is 4. The maximum atomic E-state index is 12.4. The molecule has 2 aliphatic rings. The smallest absolute Gasteiger partial charge is 0.227 e. The number of unbranched alkanes of at least 4 members (excludes halogenated alkanes) is 1. The van der Waals surface area contributed by atoms with Gasteiger partial charge in [-0.2, -0.15) is 0 Å². The number of nitrogens with zero attached hydrogens (tertiary/aromatic N) is 1. The predicted octanol–water partition coefficient (Wildman–Crippen LogP) is 1.93. The molecule has 0 bridgehead atoms. The van der Waals surface area contributed by atoms with Crippen molar-refractivity contribution in [1.29, 1.82) is 0 Å². The Morgan fingerprint density at radius 3 is 2.63 bits per heavy atom. The molecule has 27 heavy (non-hydrogen) atoms. The van der Waals surface area contributed by atoms with Gasteiger partial charge in [0.05, 0.1) is 17.4 Å². The molecule has 2 amide bonds. The Hall–Kier alpha value is -1.89. The molecule has 0 aromatic heterocycles. The van der Waals surface area contributed by atoms with E-state index in [9.17, 15) is 18.0 Å². The molecule has 3 rings (SSSR count). The molecule has 7 heteroatoms. The summed E-state index contributed by atoms with van der Waals surface area (Å²) in [6.45, 7) is 2.91. The van der Waals surface area contributed by atoms with Gasteiger partial charge < -0.3 is 10.2 Å².